The molecule has 0 bridgehead atoms. The van der Waals surface area contributed by atoms with E-state index >= 15 is 0 Å². The molecule has 0 aliphatic carbocycles. The Balaban J connectivity index is 2.23. The van der Waals surface area contributed by atoms with E-state index in [1.807, 2.05) is 36.4 Å². The summed E-state index contributed by atoms with van der Waals surface area (Å²) in [6.45, 7) is 2.19. The van der Waals surface area contributed by atoms with Gasteiger partial charge in [0, 0.05) is 11.5 Å². The largest absolute Gasteiger partial charge is 0.456 e. The molecule has 2 aromatic carbocycles. The SMILES string of the molecule is CCSc1cccc(Oc2ccc(CCO)cc2)c1C#N. The maximum atomic E-state index is 9.35. The van der Waals surface area contributed by atoms with Crippen LogP contribution in [0, 0.1) is 11.3 Å². The Kier molecular flexibility index (Phi) is 5.68. The molecule has 0 heterocycles. The number of aliphatic hydroxyl groups excluding tert-OH is 1. The van der Waals surface area contributed by atoms with E-state index in [0.717, 1.165) is 16.2 Å². The van der Waals surface area contributed by atoms with Crippen molar-refractivity contribution < 1.29 is 9.84 Å². The maximum Gasteiger partial charge on any atom is 0.146 e. The van der Waals surface area contributed by atoms with Gasteiger partial charge in [0.2, 0.25) is 0 Å². The van der Waals surface area contributed by atoms with Crippen molar-refractivity contribution in [2.24, 2.45) is 0 Å². The molecule has 0 radical (unpaired) electrons. The first-order valence-corrected chi connectivity index (χ1v) is 7.80. The molecule has 108 valence electrons. The van der Waals surface area contributed by atoms with Crippen molar-refractivity contribution >= 4 is 11.8 Å². The van der Waals surface area contributed by atoms with E-state index in [2.05, 4.69) is 13.0 Å². The van der Waals surface area contributed by atoms with Crippen LogP contribution in [0.25, 0.3) is 0 Å². The third kappa shape index (κ3) is 4.01. The van der Waals surface area contributed by atoms with Gasteiger partial charge in [-0.3, -0.25) is 0 Å². The predicted octanol–water partition coefficient (Wildman–Crippen LogP) is 4.00. The number of nitrogens with zero attached hydrogens (tertiary/aromatic N) is 1. The second kappa shape index (κ2) is 7.72. The minimum Gasteiger partial charge on any atom is -0.456 e. The normalized spacial score (nSPS) is 10.1. The van der Waals surface area contributed by atoms with Gasteiger partial charge in [0.1, 0.15) is 23.1 Å². The molecule has 0 spiro atoms. The number of benzene rings is 2. The number of hydrogen-bond acceptors (Lipinski definition) is 4. The molecule has 0 unspecified atom stereocenters. The average molecular weight is 299 g/mol. The fourth-order valence-corrected chi connectivity index (χ4v) is 2.74. The van der Waals surface area contributed by atoms with Gasteiger partial charge in [0.05, 0.1) is 0 Å². The van der Waals surface area contributed by atoms with Crippen molar-refractivity contribution in [2.75, 3.05) is 12.4 Å². The van der Waals surface area contributed by atoms with Crippen LogP contribution in [-0.4, -0.2) is 17.5 Å². The molecule has 0 saturated heterocycles. The van der Waals surface area contributed by atoms with Crippen LogP contribution >= 0.6 is 11.8 Å². The lowest BCUT2D eigenvalue weighted by Gasteiger charge is -2.10. The fraction of sp³-hybridized carbons (Fsp3) is 0.235. The zero-order valence-electron chi connectivity index (χ0n) is 11.9. The van der Waals surface area contributed by atoms with Gasteiger partial charge in [-0.15, -0.1) is 11.8 Å². The zero-order valence-corrected chi connectivity index (χ0v) is 12.7. The summed E-state index contributed by atoms with van der Waals surface area (Å²) in [5.74, 6) is 2.17. The van der Waals surface area contributed by atoms with Crippen molar-refractivity contribution in [2.45, 2.75) is 18.2 Å². The van der Waals surface area contributed by atoms with Crippen LogP contribution < -0.4 is 4.74 Å². The minimum atomic E-state index is 0.134. The molecule has 2 aromatic rings. The molecule has 0 saturated carbocycles. The molecule has 4 heteroatoms. The molecule has 0 aromatic heterocycles. The van der Waals surface area contributed by atoms with Crippen LogP contribution in [0.1, 0.15) is 18.1 Å². The van der Waals surface area contributed by atoms with Crippen molar-refractivity contribution in [1.82, 2.24) is 0 Å². The molecule has 0 fully saturated rings. The molecule has 2 rings (SSSR count). The number of thioether (sulfide) groups is 1. The third-order valence-electron chi connectivity index (χ3n) is 2.95. The maximum absolute atomic E-state index is 9.35. The highest BCUT2D eigenvalue weighted by molar-refractivity contribution is 7.99. The summed E-state index contributed by atoms with van der Waals surface area (Å²) in [6, 6.07) is 15.4. The number of ether oxygens (including phenoxy) is 1. The summed E-state index contributed by atoms with van der Waals surface area (Å²) in [4.78, 5) is 0.939. The number of hydrogen-bond donors (Lipinski definition) is 1. The standard InChI is InChI=1S/C17H17NO2S/c1-2-21-17-5-3-4-16(15(17)12-18)20-14-8-6-13(7-9-14)10-11-19/h3-9,19H,2,10-11H2,1H3. The van der Waals surface area contributed by atoms with E-state index < -0.39 is 0 Å². The lowest BCUT2D eigenvalue weighted by molar-refractivity contribution is 0.299. The summed E-state index contributed by atoms with van der Waals surface area (Å²) >= 11 is 1.63. The van der Waals surface area contributed by atoms with Crippen molar-refractivity contribution in [3.63, 3.8) is 0 Å². The van der Waals surface area contributed by atoms with Crippen molar-refractivity contribution in [3.8, 4) is 17.6 Å². The summed E-state index contributed by atoms with van der Waals surface area (Å²) in [7, 11) is 0. The van der Waals surface area contributed by atoms with E-state index in [1.165, 1.54) is 0 Å². The van der Waals surface area contributed by atoms with E-state index in [4.69, 9.17) is 9.84 Å². The first-order valence-electron chi connectivity index (χ1n) is 6.82. The Morgan fingerprint density at radius 3 is 2.57 bits per heavy atom. The van der Waals surface area contributed by atoms with Gasteiger partial charge in [0.25, 0.3) is 0 Å². The van der Waals surface area contributed by atoms with Gasteiger partial charge in [-0.2, -0.15) is 5.26 Å². The van der Waals surface area contributed by atoms with Crippen molar-refractivity contribution in [1.29, 1.82) is 5.26 Å². The van der Waals surface area contributed by atoms with Gasteiger partial charge in [-0.1, -0.05) is 25.1 Å². The average Bonchev–Trinajstić information content (AvgIpc) is 2.50. The van der Waals surface area contributed by atoms with Crippen LogP contribution in [0.5, 0.6) is 11.5 Å². The van der Waals surface area contributed by atoms with Gasteiger partial charge in [0.15, 0.2) is 0 Å². The monoisotopic (exact) mass is 299 g/mol. The second-order valence-electron chi connectivity index (χ2n) is 4.39. The Hall–Kier alpha value is -1.96. The number of aliphatic hydroxyl groups is 1. The lowest BCUT2D eigenvalue weighted by atomic mass is 10.1. The zero-order chi connectivity index (χ0) is 15.1. The van der Waals surface area contributed by atoms with Gasteiger partial charge in [-0.05, 0) is 42.0 Å². The first kappa shape index (κ1) is 15.4. The van der Waals surface area contributed by atoms with Crippen LogP contribution in [0.15, 0.2) is 47.4 Å². The summed E-state index contributed by atoms with van der Waals surface area (Å²) < 4.78 is 5.82. The number of rotatable bonds is 6. The Bertz CT molecular complexity index is 632. The molecule has 0 aliphatic rings. The minimum absolute atomic E-state index is 0.134. The summed E-state index contributed by atoms with van der Waals surface area (Å²) in [6.07, 6.45) is 0.631. The smallest absolute Gasteiger partial charge is 0.146 e. The van der Waals surface area contributed by atoms with E-state index in [0.29, 0.717) is 23.5 Å². The van der Waals surface area contributed by atoms with Crippen molar-refractivity contribution in [3.05, 3.63) is 53.6 Å². The third-order valence-corrected chi connectivity index (χ3v) is 3.89. The first-order chi connectivity index (χ1) is 10.3. The van der Waals surface area contributed by atoms with Crippen LogP contribution in [0.3, 0.4) is 0 Å². The Morgan fingerprint density at radius 1 is 1.19 bits per heavy atom. The topological polar surface area (TPSA) is 53.2 Å². The molecule has 0 atom stereocenters. The predicted molar refractivity (Wildman–Crippen MR) is 84.9 cm³/mol. The highest BCUT2D eigenvalue weighted by atomic mass is 32.2. The van der Waals surface area contributed by atoms with Crippen LogP contribution in [0.4, 0.5) is 0 Å². The van der Waals surface area contributed by atoms with Gasteiger partial charge in [-0.25, -0.2) is 0 Å². The Morgan fingerprint density at radius 2 is 1.95 bits per heavy atom. The molecular formula is C17H17NO2S. The Labute approximate surface area is 129 Å². The second-order valence-corrected chi connectivity index (χ2v) is 5.70. The number of nitriles is 1. The lowest BCUT2D eigenvalue weighted by Crippen LogP contribution is -1.93. The molecule has 3 nitrogen and oxygen atoms in total. The van der Waals surface area contributed by atoms with Crippen LogP contribution in [-0.2, 0) is 6.42 Å². The molecular weight excluding hydrogens is 282 g/mol. The van der Waals surface area contributed by atoms with E-state index in [9.17, 15) is 5.26 Å². The van der Waals surface area contributed by atoms with E-state index in [1.54, 1.807) is 17.8 Å². The quantitative estimate of drug-likeness (QED) is 0.819. The molecule has 1 N–H and O–H groups in total. The van der Waals surface area contributed by atoms with Gasteiger partial charge >= 0.3 is 0 Å². The summed E-state index contributed by atoms with van der Waals surface area (Å²) in [5, 5.41) is 18.3. The molecule has 0 amide bonds. The molecule has 21 heavy (non-hydrogen) atoms. The van der Waals surface area contributed by atoms with E-state index in [-0.39, 0.29) is 6.61 Å². The molecule has 0 aliphatic heterocycles. The van der Waals surface area contributed by atoms with Crippen LogP contribution in [0.2, 0.25) is 0 Å². The fourth-order valence-electron chi connectivity index (χ4n) is 1.96. The van der Waals surface area contributed by atoms with Gasteiger partial charge < -0.3 is 9.84 Å². The summed E-state index contributed by atoms with van der Waals surface area (Å²) in [5.41, 5.74) is 1.63. The highest BCUT2D eigenvalue weighted by Crippen LogP contribution is 2.32. The highest BCUT2D eigenvalue weighted by Gasteiger charge is 2.10.